The molecular weight excluding hydrogens is 196 g/mol. The van der Waals surface area contributed by atoms with Crippen LogP contribution in [0.2, 0.25) is 0 Å². The second-order valence-corrected chi connectivity index (χ2v) is 4.57. The van der Waals surface area contributed by atoms with Crippen LogP contribution in [-0.4, -0.2) is 28.7 Å². The maximum atomic E-state index is 11.4. The molecule has 1 aliphatic carbocycles. The Balaban J connectivity index is 2.29. The first-order chi connectivity index (χ1) is 7.20. The summed E-state index contributed by atoms with van der Waals surface area (Å²) in [4.78, 5) is 22.1. The molecule has 0 bridgehead atoms. The Morgan fingerprint density at radius 3 is 2.73 bits per heavy atom. The number of rotatable bonds is 2. The molecule has 2 unspecified atom stereocenters. The van der Waals surface area contributed by atoms with Crippen molar-refractivity contribution in [2.75, 3.05) is 6.54 Å². The van der Waals surface area contributed by atoms with Gasteiger partial charge in [-0.15, -0.1) is 4.91 Å². The van der Waals surface area contributed by atoms with E-state index in [1.807, 2.05) is 0 Å². The second kappa shape index (κ2) is 3.79. The molecule has 0 aromatic carbocycles. The molecule has 5 nitrogen and oxygen atoms in total. The molecule has 0 radical (unpaired) electrons. The number of nitroso groups, excluding NO2 is 1. The lowest BCUT2D eigenvalue weighted by Gasteiger charge is -2.47. The molecule has 1 saturated carbocycles. The van der Waals surface area contributed by atoms with Crippen molar-refractivity contribution in [3.63, 3.8) is 0 Å². The van der Waals surface area contributed by atoms with Gasteiger partial charge in [0.15, 0.2) is 0 Å². The minimum Gasteiger partial charge on any atom is -0.481 e. The standard InChI is InChI=1S/C10H16N2O3/c13-9(14)10-5-2-1-4-8(10)12(11-15)7-3-6-10/h8H,1-7H2,(H,13,14). The summed E-state index contributed by atoms with van der Waals surface area (Å²) in [6.07, 6.45) is 4.89. The van der Waals surface area contributed by atoms with Gasteiger partial charge in [0.05, 0.1) is 16.7 Å². The predicted octanol–water partition coefficient (Wildman–Crippen LogP) is 1.78. The van der Waals surface area contributed by atoms with Gasteiger partial charge < -0.3 is 5.11 Å². The molecular formula is C10H16N2O3. The Morgan fingerprint density at radius 1 is 1.33 bits per heavy atom. The largest absolute Gasteiger partial charge is 0.481 e. The van der Waals surface area contributed by atoms with Crippen molar-refractivity contribution >= 4 is 5.97 Å². The van der Waals surface area contributed by atoms with Crippen LogP contribution in [0.5, 0.6) is 0 Å². The molecule has 1 heterocycles. The van der Waals surface area contributed by atoms with Gasteiger partial charge in [0.1, 0.15) is 0 Å². The first-order valence-corrected chi connectivity index (χ1v) is 5.54. The van der Waals surface area contributed by atoms with E-state index in [0.717, 1.165) is 25.7 Å². The Morgan fingerprint density at radius 2 is 2.07 bits per heavy atom. The zero-order valence-corrected chi connectivity index (χ0v) is 8.69. The lowest BCUT2D eigenvalue weighted by atomic mass is 9.65. The summed E-state index contributed by atoms with van der Waals surface area (Å²) in [6.45, 7) is 0.614. The van der Waals surface area contributed by atoms with E-state index >= 15 is 0 Å². The lowest BCUT2D eigenvalue weighted by molar-refractivity contribution is -0.161. The number of hydrogen-bond donors (Lipinski definition) is 1. The van der Waals surface area contributed by atoms with Crippen LogP contribution in [0, 0.1) is 10.3 Å². The maximum absolute atomic E-state index is 11.4. The molecule has 1 saturated heterocycles. The average Bonchev–Trinajstić information content (AvgIpc) is 2.28. The van der Waals surface area contributed by atoms with E-state index in [-0.39, 0.29) is 6.04 Å². The fourth-order valence-corrected chi connectivity index (χ4v) is 3.11. The van der Waals surface area contributed by atoms with Crippen molar-refractivity contribution < 1.29 is 9.90 Å². The Hall–Kier alpha value is -1.13. The Bertz CT molecular complexity index is 278. The van der Waals surface area contributed by atoms with E-state index in [9.17, 15) is 14.8 Å². The van der Waals surface area contributed by atoms with Gasteiger partial charge in [-0.3, -0.25) is 9.80 Å². The fraction of sp³-hybridized carbons (Fsp3) is 0.900. The van der Waals surface area contributed by atoms with Crippen molar-refractivity contribution in [2.45, 2.75) is 44.6 Å². The van der Waals surface area contributed by atoms with Crippen LogP contribution in [-0.2, 0) is 4.79 Å². The summed E-state index contributed by atoms with van der Waals surface area (Å²) in [7, 11) is 0. The first kappa shape index (κ1) is 10.4. The Kier molecular flexibility index (Phi) is 2.63. The molecule has 84 valence electrons. The molecule has 2 atom stereocenters. The monoisotopic (exact) mass is 212 g/mol. The van der Waals surface area contributed by atoms with Gasteiger partial charge in [-0.2, -0.15) is 0 Å². The van der Waals surface area contributed by atoms with Gasteiger partial charge in [-0.1, -0.05) is 12.8 Å². The molecule has 2 rings (SSSR count). The number of carboxylic acids is 1. The first-order valence-electron chi connectivity index (χ1n) is 5.54. The third kappa shape index (κ3) is 1.50. The smallest absolute Gasteiger partial charge is 0.311 e. The number of carbonyl (C=O) groups is 1. The van der Waals surface area contributed by atoms with Crippen LogP contribution in [0.15, 0.2) is 5.29 Å². The van der Waals surface area contributed by atoms with E-state index < -0.39 is 11.4 Å². The summed E-state index contributed by atoms with van der Waals surface area (Å²) in [5.74, 6) is -0.749. The van der Waals surface area contributed by atoms with Crippen LogP contribution in [0.25, 0.3) is 0 Å². The van der Waals surface area contributed by atoms with Crippen molar-refractivity contribution in [2.24, 2.45) is 10.7 Å². The van der Waals surface area contributed by atoms with Gasteiger partial charge in [0.2, 0.25) is 0 Å². The zero-order valence-electron chi connectivity index (χ0n) is 8.69. The summed E-state index contributed by atoms with van der Waals surface area (Å²) in [5.41, 5.74) is -0.704. The normalized spacial score (nSPS) is 35.7. The van der Waals surface area contributed by atoms with Crippen LogP contribution in [0.3, 0.4) is 0 Å². The SMILES string of the molecule is O=NN1CCCC2(C(=O)O)CCCCC12. The quantitative estimate of drug-likeness (QED) is 0.708. The summed E-state index contributed by atoms with van der Waals surface area (Å²) in [6, 6.07) is -0.171. The number of aliphatic carboxylic acids is 1. The number of nitrogens with zero attached hydrogens (tertiary/aromatic N) is 2. The molecule has 0 amide bonds. The molecule has 2 aliphatic rings. The fourth-order valence-electron chi connectivity index (χ4n) is 3.11. The van der Waals surface area contributed by atoms with Gasteiger partial charge in [-0.05, 0) is 25.7 Å². The third-order valence-corrected chi connectivity index (χ3v) is 3.89. The van der Waals surface area contributed by atoms with E-state index in [1.165, 1.54) is 5.01 Å². The summed E-state index contributed by atoms with van der Waals surface area (Å²) < 4.78 is 0. The minimum atomic E-state index is -0.749. The number of fused-ring (bicyclic) bond motifs is 1. The predicted molar refractivity (Wildman–Crippen MR) is 54.1 cm³/mol. The minimum absolute atomic E-state index is 0.171. The van der Waals surface area contributed by atoms with Crippen molar-refractivity contribution in [1.82, 2.24) is 5.01 Å². The third-order valence-electron chi connectivity index (χ3n) is 3.89. The van der Waals surface area contributed by atoms with Crippen molar-refractivity contribution in [1.29, 1.82) is 0 Å². The maximum Gasteiger partial charge on any atom is 0.311 e. The van der Waals surface area contributed by atoms with Crippen LogP contribution in [0.4, 0.5) is 0 Å². The van der Waals surface area contributed by atoms with Crippen molar-refractivity contribution in [3.8, 4) is 0 Å². The highest BCUT2D eigenvalue weighted by Gasteiger charge is 2.51. The van der Waals surface area contributed by atoms with E-state index in [2.05, 4.69) is 5.29 Å². The van der Waals surface area contributed by atoms with Crippen LogP contribution in [0.1, 0.15) is 38.5 Å². The number of carboxylic acid groups (broad SMARTS) is 1. The van der Waals surface area contributed by atoms with Gasteiger partial charge in [-0.25, -0.2) is 0 Å². The molecule has 1 aliphatic heterocycles. The molecule has 15 heavy (non-hydrogen) atoms. The topological polar surface area (TPSA) is 70.0 Å². The second-order valence-electron chi connectivity index (χ2n) is 4.57. The molecule has 0 aromatic heterocycles. The zero-order chi connectivity index (χ0) is 10.9. The van der Waals surface area contributed by atoms with Crippen molar-refractivity contribution in [3.05, 3.63) is 4.91 Å². The number of hydrogen-bond acceptors (Lipinski definition) is 3. The number of piperidine rings is 1. The van der Waals surface area contributed by atoms with Crippen LogP contribution < -0.4 is 0 Å². The van der Waals surface area contributed by atoms with Gasteiger partial charge in [0, 0.05) is 6.54 Å². The highest BCUT2D eigenvalue weighted by molar-refractivity contribution is 5.76. The molecule has 5 heteroatoms. The molecule has 0 aromatic rings. The lowest BCUT2D eigenvalue weighted by Crippen LogP contribution is -2.55. The van der Waals surface area contributed by atoms with E-state index in [1.54, 1.807) is 0 Å². The highest BCUT2D eigenvalue weighted by atomic mass is 16.4. The molecule has 1 N–H and O–H groups in total. The van der Waals surface area contributed by atoms with E-state index in [4.69, 9.17) is 0 Å². The summed E-state index contributed by atoms with van der Waals surface area (Å²) >= 11 is 0. The van der Waals surface area contributed by atoms with Crippen LogP contribution >= 0.6 is 0 Å². The van der Waals surface area contributed by atoms with Gasteiger partial charge in [0.25, 0.3) is 0 Å². The molecule has 2 fully saturated rings. The highest BCUT2D eigenvalue weighted by Crippen LogP contribution is 2.46. The summed E-state index contributed by atoms with van der Waals surface area (Å²) in [5, 5.41) is 13.8. The Labute approximate surface area is 88.4 Å². The average molecular weight is 212 g/mol. The van der Waals surface area contributed by atoms with E-state index in [0.29, 0.717) is 19.4 Å². The van der Waals surface area contributed by atoms with Gasteiger partial charge >= 0.3 is 5.97 Å². The molecule has 0 spiro atoms.